The minimum absolute atomic E-state index is 0.0983. The number of hydrogen-bond donors (Lipinski definition) is 2. The highest BCUT2D eigenvalue weighted by atomic mass is 16.4. The summed E-state index contributed by atoms with van der Waals surface area (Å²) < 4.78 is 0. The van der Waals surface area contributed by atoms with Crippen LogP contribution in [-0.2, 0) is 9.59 Å². The van der Waals surface area contributed by atoms with Crippen LogP contribution in [0.25, 0.3) is 0 Å². The van der Waals surface area contributed by atoms with Crippen molar-refractivity contribution in [3.05, 3.63) is 24.3 Å². The smallest absolute Gasteiger partial charge is 0.303 e. The second kappa shape index (κ2) is 12.2. The van der Waals surface area contributed by atoms with Gasteiger partial charge in [0.2, 0.25) is 0 Å². The molecule has 21 heavy (non-hydrogen) atoms. The number of rotatable bonds is 12. The van der Waals surface area contributed by atoms with Gasteiger partial charge in [0.25, 0.3) is 0 Å². The van der Waals surface area contributed by atoms with Crippen LogP contribution in [0.1, 0.15) is 58.8 Å². The van der Waals surface area contributed by atoms with Crippen LogP contribution in [0, 0.1) is 11.8 Å². The molecule has 0 fully saturated rings. The molecule has 0 spiro atoms. The molecule has 0 aromatic rings. The third kappa shape index (κ3) is 14.6. The fourth-order valence-corrected chi connectivity index (χ4v) is 2.05. The summed E-state index contributed by atoms with van der Waals surface area (Å²) in [4.78, 5) is 21.0. The first-order valence-corrected chi connectivity index (χ1v) is 7.68. The Morgan fingerprint density at radius 3 is 1.52 bits per heavy atom. The van der Waals surface area contributed by atoms with Gasteiger partial charge in [0.05, 0.1) is 12.8 Å². The zero-order chi connectivity index (χ0) is 16.1. The average molecular weight is 296 g/mol. The summed E-state index contributed by atoms with van der Waals surface area (Å²) in [5.41, 5.74) is 0. The second-order valence-corrected chi connectivity index (χ2v) is 5.64. The van der Waals surface area contributed by atoms with Crippen molar-refractivity contribution in [2.24, 2.45) is 11.8 Å². The topological polar surface area (TPSA) is 74.6 Å². The zero-order valence-corrected chi connectivity index (χ0v) is 13.1. The first kappa shape index (κ1) is 19.4. The van der Waals surface area contributed by atoms with E-state index < -0.39 is 11.9 Å². The van der Waals surface area contributed by atoms with Crippen molar-refractivity contribution in [1.82, 2.24) is 0 Å². The van der Waals surface area contributed by atoms with E-state index in [1.54, 1.807) is 0 Å². The predicted octanol–water partition coefficient (Wildman–Crippen LogP) is 4.27. The molecule has 2 unspecified atom stereocenters. The van der Waals surface area contributed by atoms with E-state index in [4.69, 9.17) is 10.2 Å². The van der Waals surface area contributed by atoms with Crippen LogP contribution in [0.4, 0.5) is 0 Å². The van der Waals surface area contributed by atoms with E-state index in [-0.39, 0.29) is 24.7 Å². The van der Waals surface area contributed by atoms with Crippen LogP contribution in [0.15, 0.2) is 24.3 Å². The summed E-state index contributed by atoms with van der Waals surface area (Å²) >= 11 is 0. The molecule has 0 rings (SSSR count). The van der Waals surface area contributed by atoms with Gasteiger partial charge in [-0.1, -0.05) is 44.6 Å². The van der Waals surface area contributed by atoms with Crippen molar-refractivity contribution >= 4 is 11.9 Å². The molecule has 0 bridgehead atoms. The van der Waals surface area contributed by atoms with Gasteiger partial charge in [-0.05, 0) is 37.5 Å². The molecule has 4 nitrogen and oxygen atoms in total. The van der Waals surface area contributed by atoms with Crippen LogP contribution in [0.3, 0.4) is 0 Å². The summed E-state index contributed by atoms with van der Waals surface area (Å²) in [6, 6.07) is 0. The molecule has 0 aliphatic heterocycles. The summed E-state index contributed by atoms with van der Waals surface area (Å²) in [5.74, 6) is -1.31. The van der Waals surface area contributed by atoms with Crippen molar-refractivity contribution in [3.8, 4) is 0 Å². The SMILES string of the molecule is CC(C=CCCCCCC=CC(C)CC(=O)O)CC(=O)O. The highest BCUT2D eigenvalue weighted by Gasteiger charge is 2.03. The van der Waals surface area contributed by atoms with Crippen LogP contribution >= 0.6 is 0 Å². The third-order valence-corrected chi connectivity index (χ3v) is 3.16. The molecular weight excluding hydrogens is 268 g/mol. The van der Waals surface area contributed by atoms with Crippen molar-refractivity contribution in [3.63, 3.8) is 0 Å². The number of unbranched alkanes of at least 4 members (excludes halogenated alkanes) is 4. The number of carboxylic acid groups (broad SMARTS) is 2. The molecule has 0 radical (unpaired) electrons. The number of hydrogen-bond acceptors (Lipinski definition) is 2. The van der Waals surface area contributed by atoms with E-state index in [2.05, 4.69) is 12.2 Å². The monoisotopic (exact) mass is 296 g/mol. The van der Waals surface area contributed by atoms with Crippen molar-refractivity contribution in [2.45, 2.75) is 58.8 Å². The summed E-state index contributed by atoms with van der Waals surface area (Å²) in [7, 11) is 0. The van der Waals surface area contributed by atoms with Gasteiger partial charge in [-0.2, -0.15) is 0 Å². The quantitative estimate of drug-likeness (QED) is 0.416. The van der Waals surface area contributed by atoms with E-state index in [1.807, 2.05) is 26.0 Å². The van der Waals surface area contributed by atoms with E-state index in [1.165, 1.54) is 0 Å². The van der Waals surface area contributed by atoms with Gasteiger partial charge >= 0.3 is 11.9 Å². The molecule has 0 aliphatic carbocycles. The Labute approximate surface area is 127 Å². The van der Waals surface area contributed by atoms with Gasteiger partial charge in [-0.15, -0.1) is 0 Å². The van der Waals surface area contributed by atoms with E-state index in [0.717, 1.165) is 32.1 Å². The molecule has 4 heteroatoms. The molecule has 120 valence electrons. The second-order valence-electron chi connectivity index (χ2n) is 5.64. The Morgan fingerprint density at radius 1 is 0.810 bits per heavy atom. The molecule has 0 aromatic carbocycles. The highest BCUT2D eigenvalue weighted by molar-refractivity contribution is 5.67. The molecule has 2 N–H and O–H groups in total. The standard InChI is InChI=1S/C17H28O4/c1-14(12-16(18)19)10-8-6-4-3-5-7-9-11-15(2)13-17(20)21/h8-11,14-15H,3-7,12-13H2,1-2H3,(H,18,19)(H,20,21). The molecule has 0 saturated carbocycles. The van der Waals surface area contributed by atoms with Gasteiger partial charge in [0.1, 0.15) is 0 Å². The maximum atomic E-state index is 10.5. The van der Waals surface area contributed by atoms with Gasteiger partial charge < -0.3 is 10.2 Å². The van der Waals surface area contributed by atoms with Crippen LogP contribution in [-0.4, -0.2) is 22.2 Å². The predicted molar refractivity (Wildman–Crippen MR) is 84.2 cm³/mol. The molecule has 0 saturated heterocycles. The Kier molecular flexibility index (Phi) is 11.3. The van der Waals surface area contributed by atoms with Crippen LogP contribution in [0.5, 0.6) is 0 Å². The number of carboxylic acids is 2. The molecular formula is C17H28O4. The van der Waals surface area contributed by atoms with Gasteiger partial charge in [0, 0.05) is 0 Å². The molecule has 0 heterocycles. The van der Waals surface area contributed by atoms with Crippen molar-refractivity contribution in [2.75, 3.05) is 0 Å². The maximum absolute atomic E-state index is 10.5. The van der Waals surface area contributed by atoms with Gasteiger partial charge in [0.15, 0.2) is 0 Å². The van der Waals surface area contributed by atoms with E-state index in [9.17, 15) is 9.59 Å². The fourth-order valence-electron chi connectivity index (χ4n) is 2.05. The largest absolute Gasteiger partial charge is 0.481 e. The lowest BCUT2D eigenvalue weighted by Gasteiger charge is -2.01. The summed E-state index contributed by atoms with van der Waals surface area (Å²) in [6.45, 7) is 3.82. The summed E-state index contributed by atoms with van der Waals surface area (Å²) in [5, 5.41) is 17.2. The van der Waals surface area contributed by atoms with Crippen LogP contribution in [0.2, 0.25) is 0 Å². The van der Waals surface area contributed by atoms with Crippen LogP contribution < -0.4 is 0 Å². The minimum Gasteiger partial charge on any atom is -0.481 e. The van der Waals surface area contributed by atoms with Crippen molar-refractivity contribution < 1.29 is 19.8 Å². The average Bonchev–Trinajstić information content (AvgIpc) is 2.34. The number of carbonyl (C=O) groups is 2. The lowest BCUT2D eigenvalue weighted by molar-refractivity contribution is -0.138. The Hall–Kier alpha value is -1.58. The Balaban J connectivity index is 3.52. The number of allylic oxidation sites excluding steroid dienone is 4. The van der Waals surface area contributed by atoms with E-state index >= 15 is 0 Å². The molecule has 0 amide bonds. The molecule has 2 atom stereocenters. The first-order valence-electron chi connectivity index (χ1n) is 7.68. The number of aliphatic carboxylic acids is 2. The summed E-state index contributed by atoms with van der Waals surface area (Å²) in [6.07, 6.45) is 13.8. The lowest BCUT2D eigenvalue weighted by Crippen LogP contribution is -2.01. The minimum atomic E-state index is -0.754. The Morgan fingerprint density at radius 2 is 1.19 bits per heavy atom. The third-order valence-electron chi connectivity index (χ3n) is 3.16. The van der Waals surface area contributed by atoms with E-state index in [0.29, 0.717) is 0 Å². The van der Waals surface area contributed by atoms with Gasteiger partial charge in [-0.3, -0.25) is 9.59 Å². The maximum Gasteiger partial charge on any atom is 0.303 e. The fraction of sp³-hybridized carbons (Fsp3) is 0.647. The highest BCUT2D eigenvalue weighted by Crippen LogP contribution is 2.09. The molecule has 0 aromatic heterocycles. The molecule has 0 aliphatic rings. The first-order chi connectivity index (χ1) is 9.91. The zero-order valence-electron chi connectivity index (χ0n) is 13.1. The Bertz CT molecular complexity index is 324. The lowest BCUT2D eigenvalue weighted by atomic mass is 10.0. The van der Waals surface area contributed by atoms with Gasteiger partial charge in [-0.25, -0.2) is 0 Å². The normalized spacial score (nSPS) is 14.6. The van der Waals surface area contributed by atoms with Crippen molar-refractivity contribution in [1.29, 1.82) is 0 Å².